The third-order valence-corrected chi connectivity index (χ3v) is 7.91. The van der Waals surface area contributed by atoms with E-state index in [1.54, 1.807) is 36.4 Å². The van der Waals surface area contributed by atoms with Gasteiger partial charge < -0.3 is 4.74 Å². The summed E-state index contributed by atoms with van der Waals surface area (Å²) in [5, 5.41) is 8.70. The van der Waals surface area contributed by atoms with Crippen LogP contribution in [0.25, 0.3) is 5.69 Å². The van der Waals surface area contributed by atoms with Gasteiger partial charge in [-0.1, -0.05) is 23.4 Å². The molecule has 4 aliphatic carbocycles. The first-order valence-electron chi connectivity index (χ1n) is 11.9. The van der Waals surface area contributed by atoms with Crippen molar-refractivity contribution < 1.29 is 14.3 Å². The normalized spacial score (nSPS) is 27.5. The average molecular weight is 442 g/mol. The largest absolute Gasteiger partial charge is 0.454 e. The van der Waals surface area contributed by atoms with Crippen molar-refractivity contribution in [2.75, 3.05) is 6.61 Å². The number of carbonyl (C=O) groups is 2. The summed E-state index contributed by atoms with van der Waals surface area (Å²) in [6.07, 6.45) is 9.88. The smallest absolute Gasteiger partial charge is 0.338 e. The summed E-state index contributed by atoms with van der Waals surface area (Å²) in [5.41, 5.74) is 3.27. The molecule has 4 bridgehead atoms. The first kappa shape index (κ1) is 20.3. The maximum absolute atomic E-state index is 12.6. The fraction of sp³-hybridized carbons (Fsp3) is 0.407. The van der Waals surface area contributed by atoms with Crippen molar-refractivity contribution in [3.8, 4) is 5.69 Å². The highest BCUT2D eigenvalue weighted by atomic mass is 16.5. The van der Waals surface area contributed by atoms with E-state index in [4.69, 9.17) is 4.74 Å². The molecule has 6 nitrogen and oxygen atoms in total. The predicted octanol–water partition coefficient (Wildman–Crippen LogP) is 4.77. The van der Waals surface area contributed by atoms with Crippen LogP contribution in [0, 0.1) is 17.8 Å². The first-order valence-corrected chi connectivity index (χ1v) is 11.9. The zero-order valence-electron chi connectivity index (χ0n) is 18.5. The van der Waals surface area contributed by atoms with Crippen molar-refractivity contribution in [3.05, 3.63) is 77.6 Å². The lowest BCUT2D eigenvalue weighted by Crippen LogP contribution is -2.49. The average Bonchev–Trinajstić information content (AvgIpc) is 3.33. The predicted molar refractivity (Wildman–Crippen MR) is 122 cm³/mol. The van der Waals surface area contributed by atoms with Gasteiger partial charge in [0.15, 0.2) is 12.4 Å². The second kappa shape index (κ2) is 7.94. The van der Waals surface area contributed by atoms with Crippen molar-refractivity contribution in [1.82, 2.24) is 15.0 Å². The number of ketones is 1. The molecular formula is C27H27N3O3. The van der Waals surface area contributed by atoms with Crippen molar-refractivity contribution in [1.29, 1.82) is 0 Å². The maximum atomic E-state index is 12.6. The molecule has 33 heavy (non-hydrogen) atoms. The molecule has 0 atom stereocenters. The minimum absolute atomic E-state index is 0.193. The summed E-state index contributed by atoms with van der Waals surface area (Å²) in [5.74, 6) is 1.81. The fourth-order valence-corrected chi connectivity index (χ4v) is 6.87. The van der Waals surface area contributed by atoms with Gasteiger partial charge in [0.2, 0.25) is 0 Å². The van der Waals surface area contributed by atoms with Gasteiger partial charge in [0.25, 0.3) is 0 Å². The number of aromatic nitrogens is 3. The second-order valence-electron chi connectivity index (χ2n) is 10.1. The van der Waals surface area contributed by atoms with E-state index in [2.05, 4.69) is 10.3 Å². The Bertz CT molecular complexity index is 1150. The molecule has 168 valence electrons. The van der Waals surface area contributed by atoms with E-state index in [0.717, 1.165) is 23.4 Å². The van der Waals surface area contributed by atoms with Crippen LogP contribution in [-0.2, 0) is 10.2 Å². The van der Waals surface area contributed by atoms with Crippen LogP contribution in [0.1, 0.15) is 64.9 Å². The van der Waals surface area contributed by atoms with Crippen LogP contribution in [0.5, 0.6) is 0 Å². The number of esters is 1. The highest BCUT2D eigenvalue weighted by molar-refractivity contribution is 5.99. The van der Waals surface area contributed by atoms with Crippen molar-refractivity contribution in [2.45, 2.75) is 43.9 Å². The number of hydrogen-bond donors (Lipinski definition) is 0. The van der Waals surface area contributed by atoms with Gasteiger partial charge in [-0.15, -0.1) is 5.10 Å². The second-order valence-corrected chi connectivity index (χ2v) is 10.1. The Balaban J connectivity index is 1.17. The van der Waals surface area contributed by atoms with Gasteiger partial charge in [0.05, 0.1) is 23.1 Å². The van der Waals surface area contributed by atoms with Gasteiger partial charge in [-0.05, 0) is 92.7 Å². The Hall–Kier alpha value is -3.28. The number of rotatable bonds is 6. The number of nitrogens with zero attached hydrogens (tertiary/aromatic N) is 3. The molecule has 0 aliphatic heterocycles. The molecule has 4 saturated carbocycles. The van der Waals surface area contributed by atoms with Crippen LogP contribution in [-0.4, -0.2) is 33.4 Å². The topological polar surface area (TPSA) is 74.1 Å². The molecule has 3 aromatic rings. The lowest BCUT2D eigenvalue weighted by molar-refractivity contribution is -0.00828. The molecule has 2 aromatic carbocycles. The Labute approximate surface area is 193 Å². The molecule has 0 N–H and O–H groups in total. The van der Waals surface area contributed by atoms with Crippen LogP contribution in [0.3, 0.4) is 0 Å². The number of benzene rings is 2. The third kappa shape index (κ3) is 3.67. The van der Waals surface area contributed by atoms with E-state index in [0.29, 0.717) is 11.1 Å². The summed E-state index contributed by atoms with van der Waals surface area (Å²) in [4.78, 5) is 24.7. The Morgan fingerprint density at radius 2 is 1.52 bits per heavy atom. The van der Waals surface area contributed by atoms with Gasteiger partial charge in [0, 0.05) is 11.0 Å². The van der Waals surface area contributed by atoms with Gasteiger partial charge in [-0.3, -0.25) is 4.79 Å². The molecule has 0 spiro atoms. The molecule has 4 fully saturated rings. The number of ether oxygens (including phenoxy) is 1. The number of hydrogen-bond acceptors (Lipinski definition) is 5. The van der Waals surface area contributed by atoms with Gasteiger partial charge in [0.1, 0.15) is 0 Å². The van der Waals surface area contributed by atoms with Gasteiger partial charge >= 0.3 is 5.97 Å². The zero-order chi connectivity index (χ0) is 22.4. The lowest BCUT2D eigenvalue weighted by Gasteiger charge is -2.56. The highest BCUT2D eigenvalue weighted by Gasteiger charge is 2.53. The van der Waals surface area contributed by atoms with Gasteiger partial charge in [-0.2, -0.15) is 0 Å². The molecule has 6 heteroatoms. The van der Waals surface area contributed by atoms with Gasteiger partial charge in [-0.25, -0.2) is 9.48 Å². The summed E-state index contributed by atoms with van der Waals surface area (Å²) < 4.78 is 7.16. The van der Waals surface area contributed by atoms with E-state index in [9.17, 15) is 9.59 Å². The molecule has 0 radical (unpaired) electrons. The molecule has 0 amide bonds. The molecule has 1 heterocycles. The summed E-state index contributed by atoms with van der Waals surface area (Å²) in [7, 11) is 0. The molecule has 0 unspecified atom stereocenters. The Morgan fingerprint density at radius 3 is 2.15 bits per heavy atom. The molecule has 4 aliphatic rings. The summed E-state index contributed by atoms with van der Waals surface area (Å²) >= 11 is 0. The van der Waals surface area contributed by atoms with E-state index in [-0.39, 0.29) is 17.8 Å². The van der Waals surface area contributed by atoms with Crippen molar-refractivity contribution >= 4 is 11.8 Å². The SMILES string of the molecule is O=C(COC(=O)c1ccccc1)c1ccc(-n2nncc2C23CC4CC(CC(C4)C2)C3)cc1. The van der Waals surface area contributed by atoms with Crippen LogP contribution < -0.4 is 0 Å². The number of Topliss-reactive ketones (excluding diaryl/α,β-unsaturated/α-hetero) is 1. The minimum Gasteiger partial charge on any atom is -0.454 e. The van der Waals surface area contributed by atoms with E-state index in [1.807, 2.05) is 29.1 Å². The lowest BCUT2D eigenvalue weighted by atomic mass is 9.49. The fourth-order valence-electron chi connectivity index (χ4n) is 6.87. The standard InChI is InChI=1S/C27H27N3O3/c31-24(17-33-26(32)22-4-2-1-3-5-22)21-6-8-23(9-7-21)30-25(16-28-29-30)27-13-18-10-19(14-27)12-20(11-18)15-27/h1-9,16,18-20H,10-15,17H2. The molecular weight excluding hydrogens is 414 g/mol. The maximum Gasteiger partial charge on any atom is 0.338 e. The van der Waals surface area contributed by atoms with Crippen LogP contribution in [0.4, 0.5) is 0 Å². The third-order valence-electron chi connectivity index (χ3n) is 7.91. The summed E-state index contributed by atoms with van der Waals surface area (Å²) in [6, 6.07) is 16.1. The van der Waals surface area contributed by atoms with Crippen molar-refractivity contribution in [3.63, 3.8) is 0 Å². The molecule has 7 rings (SSSR count). The van der Waals surface area contributed by atoms with Crippen LogP contribution in [0.2, 0.25) is 0 Å². The Morgan fingerprint density at radius 1 is 0.879 bits per heavy atom. The van der Waals surface area contributed by atoms with E-state index < -0.39 is 5.97 Å². The first-order chi connectivity index (χ1) is 16.1. The van der Waals surface area contributed by atoms with Crippen LogP contribution in [0.15, 0.2) is 60.8 Å². The van der Waals surface area contributed by atoms with E-state index >= 15 is 0 Å². The Kier molecular flexibility index (Phi) is 4.89. The quantitative estimate of drug-likeness (QED) is 0.407. The van der Waals surface area contributed by atoms with Crippen molar-refractivity contribution in [2.24, 2.45) is 17.8 Å². The highest BCUT2D eigenvalue weighted by Crippen LogP contribution is 2.60. The summed E-state index contributed by atoms with van der Waals surface area (Å²) in [6.45, 7) is -0.283. The molecule has 0 saturated heterocycles. The molecule has 1 aromatic heterocycles. The number of carbonyl (C=O) groups excluding carboxylic acids is 2. The zero-order valence-corrected chi connectivity index (χ0v) is 18.5. The minimum atomic E-state index is -0.497. The monoisotopic (exact) mass is 441 g/mol. The van der Waals surface area contributed by atoms with E-state index in [1.165, 1.54) is 44.2 Å². The van der Waals surface area contributed by atoms with Crippen LogP contribution >= 0.6 is 0 Å².